The lowest BCUT2D eigenvalue weighted by atomic mass is 9.95. The fraction of sp³-hybridized carbons (Fsp3) is 0.571. The summed E-state index contributed by atoms with van der Waals surface area (Å²) in [7, 11) is 1.78. The Balaban J connectivity index is 2.07. The van der Waals surface area contributed by atoms with Gasteiger partial charge in [0.2, 0.25) is 0 Å². The summed E-state index contributed by atoms with van der Waals surface area (Å²) in [5.41, 5.74) is 8.85. The van der Waals surface area contributed by atoms with Gasteiger partial charge in [-0.05, 0) is 37.3 Å². The first-order valence-electron chi connectivity index (χ1n) is 6.00. The van der Waals surface area contributed by atoms with Gasteiger partial charge in [-0.2, -0.15) is 0 Å². The molecule has 2 nitrogen and oxygen atoms in total. The maximum Gasteiger partial charge on any atom is 0.0559 e. The average Bonchev–Trinajstić information content (AvgIpc) is 2.99. The van der Waals surface area contributed by atoms with Crippen molar-refractivity contribution in [1.82, 2.24) is 0 Å². The van der Waals surface area contributed by atoms with Gasteiger partial charge in [-0.25, -0.2) is 0 Å². The van der Waals surface area contributed by atoms with Crippen LogP contribution in [0.3, 0.4) is 0 Å². The molecule has 88 valence electrons. The van der Waals surface area contributed by atoms with Crippen LogP contribution in [0.4, 0.5) is 0 Å². The average molecular weight is 219 g/mol. The standard InChI is InChI=1S/C14H21NO/c1-11(15)9-12-3-5-13(6-4-12)14(7-8-14)10-16-2/h3-6,11H,7-10,15H2,1-2H3. The lowest BCUT2D eigenvalue weighted by Crippen LogP contribution is -2.18. The molecule has 1 fully saturated rings. The van der Waals surface area contributed by atoms with Crippen molar-refractivity contribution in [2.45, 2.75) is 37.6 Å². The van der Waals surface area contributed by atoms with E-state index < -0.39 is 0 Å². The smallest absolute Gasteiger partial charge is 0.0559 e. The number of nitrogens with two attached hydrogens (primary N) is 1. The Labute approximate surface area is 97.8 Å². The minimum Gasteiger partial charge on any atom is -0.384 e. The van der Waals surface area contributed by atoms with Gasteiger partial charge in [-0.1, -0.05) is 24.3 Å². The third-order valence-electron chi connectivity index (χ3n) is 3.40. The lowest BCUT2D eigenvalue weighted by Gasteiger charge is -2.15. The van der Waals surface area contributed by atoms with E-state index in [2.05, 4.69) is 24.3 Å². The molecular weight excluding hydrogens is 198 g/mol. The maximum absolute atomic E-state index is 5.79. The largest absolute Gasteiger partial charge is 0.384 e. The number of rotatable bonds is 5. The number of hydrogen-bond acceptors (Lipinski definition) is 2. The van der Waals surface area contributed by atoms with Gasteiger partial charge in [0.05, 0.1) is 6.61 Å². The fourth-order valence-electron chi connectivity index (χ4n) is 2.31. The molecule has 2 N–H and O–H groups in total. The first kappa shape index (κ1) is 11.6. The van der Waals surface area contributed by atoms with Crippen LogP contribution in [0, 0.1) is 0 Å². The van der Waals surface area contributed by atoms with Crippen LogP contribution in [-0.4, -0.2) is 19.8 Å². The Morgan fingerprint density at radius 1 is 1.31 bits per heavy atom. The van der Waals surface area contributed by atoms with E-state index >= 15 is 0 Å². The number of ether oxygens (including phenoxy) is 1. The van der Waals surface area contributed by atoms with Crippen molar-refractivity contribution in [3.63, 3.8) is 0 Å². The third-order valence-corrected chi connectivity index (χ3v) is 3.40. The highest BCUT2D eigenvalue weighted by Crippen LogP contribution is 2.48. The minimum absolute atomic E-state index is 0.236. The molecule has 1 atom stereocenters. The lowest BCUT2D eigenvalue weighted by molar-refractivity contribution is 0.171. The minimum atomic E-state index is 0.236. The van der Waals surface area contributed by atoms with Crippen LogP contribution in [0.2, 0.25) is 0 Å². The van der Waals surface area contributed by atoms with E-state index in [9.17, 15) is 0 Å². The SMILES string of the molecule is COCC1(c2ccc(CC(C)N)cc2)CC1. The number of benzene rings is 1. The summed E-state index contributed by atoms with van der Waals surface area (Å²) >= 11 is 0. The molecule has 0 saturated heterocycles. The van der Waals surface area contributed by atoms with Crippen molar-refractivity contribution in [2.75, 3.05) is 13.7 Å². The molecule has 0 aromatic heterocycles. The van der Waals surface area contributed by atoms with Crippen molar-refractivity contribution in [3.05, 3.63) is 35.4 Å². The molecule has 0 radical (unpaired) electrons. The normalized spacial score (nSPS) is 19.4. The van der Waals surface area contributed by atoms with E-state index in [1.165, 1.54) is 24.0 Å². The summed E-state index contributed by atoms with van der Waals surface area (Å²) in [6, 6.07) is 9.12. The molecule has 0 heterocycles. The second-order valence-electron chi connectivity index (χ2n) is 5.09. The van der Waals surface area contributed by atoms with Gasteiger partial charge in [-0.3, -0.25) is 0 Å². The molecule has 0 bridgehead atoms. The van der Waals surface area contributed by atoms with Gasteiger partial charge in [0.1, 0.15) is 0 Å². The summed E-state index contributed by atoms with van der Waals surface area (Å²) in [4.78, 5) is 0. The van der Waals surface area contributed by atoms with E-state index in [1.807, 2.05) is 6.92 Å². The molecular formula is C14H21NO. The Morgan fingerprint density at radius 3 is 2.38 bits per heavy atom. The maximum atomic E-state index is 5.79. The van der Waals surface area contributed by atoms with Crippen molar-refractivity contribution < 1.29 is 4.74 Å². The van der Waals surface area contributed by atoms with Crippen LogP contribution in [0.1, 0.15) is 30.9 Å². The van der Waals surface area contributed by atoms with Gasteiger partial charge in [0.25, 0.3) is 0 Å². The predicted molar refractivity (Wildman–Crippen MR) is 66.6 cm³/mol. The van der Waals surface area contributed by atoms with Crippen LogP contribution in [0.15, 0.2) is 24.3 Å². The third kappa shape index (κ3) is 2.45. The molecule has 0 amide bonds. The van der Waals surface area contributed by atoms with Gasteiger partial charge >= 0.3 is 0 Å². The van der Waals surface area contributed by atoms with Gasteiger partial charge in [-0.15, -0.1) is 0 Å². The predicted octanol–water partition coefficient (Wildman–Crippen LogP) is 2.25. The molecule has 2 rings (SSSR count). The molecule has 0 spiro atoms. The Kier molecular flexibility index (Phi) is 3.31. The number of hydrogen-bond donors (Lipinski definition) is 1. The summed E-state index contributed by atoms with van der Waals surface area (Å²) in [6.07, 6.45) is 3.47. The molecule has 0 aliphatic heterocycles. The zero-order chi connectivity index (χ0) is 11.6. The Bertz CT molecular complexity index is 338. The molecule has 1 unspecified atom stereocenters. The monoisotopic (exact) mass is 219 g/mol. The second kappa shape index (κ2) is 4.56. The molecule has 1 aromatic rings. The van der Waals surface area contributed by atoms with Crippen LogP contribution >= 0.6 is 0 Å². The topological polar surface area (TPSA) is 35.2 Å². The van der Waals surface area contributed by atoms with Crippen LogP contribution < -0.4 is 5.73 Å². The fourth-order valence-corrected chi connectivity index (χ4v) is 2.31. The second-order valence-corrected chi connectivity index (χ2v) is 5.09. The van der Waals surface area contributed by atoms with E-state index in [1.54, 1.807) is 7.11 Å². The molecule has 2 heteroatoms. The summed E-state index contributed by atoms with van der Waals surface area (Å²) in [5, 5.41) is 0. The first-order chi connectivity index (χ1) is 7.66. The van der Waals surface area contributed by atoms with Crippen molar-refractivity contribution in [3.8, 4) is 0 Å². The van der Waals surface area contributed by atoms with Gasteiger partial charge in [0.15, 0.2) is 0 Å². The van der Waals surface area contributed by atoms with Crippen molar-refractivity contribution in [1.29, 1.82) is 0 Å². The Morgan fingerprint density at radius 2 is 1.94 bits per heavy atom. The van der Waals surface area contributed by atoms with E-state index in [4.69, 9.17) is 10.5 Å². The highest BCUT2D eigenvalue weighted by atomic mass is 16.5. The summed E-state index contributed by atoms with van der Waals surface area (Å²) < 4.78 is 5.30. The highest BCUT2D eigenvalue weighted by Gasteiger charge is 2.44. The van der Waals surface area contributed by atoms with Crippen molar-refractivity contribution >= 4 is 0 Å². The number of methoxy groups -OCH3 is 1. The van der Waals surface area contributed by atoms with Crippen molar-refractivity contribution in [2.24, 2.45) is 5.73 Å². The van der Waals surface area contributed by atoms with E-state index in [0.717, 1.165) is 13.0 Å². The zero-order valence-electron chi connectivity index (χ0n) is 10.2. The van der Waals surface area contributed by atoms with Crippen LogP contribution in [0.5, 0.6) is 0 Å². The summed E-state index contributed by atoms with van der Waals surface area (Å²) in [6.45, 7) is 2.89. The Hall–Kier alpha value is -0.860. The summed E-state index contributed by atoms with van der Waals surface area (Å²) in [5.74, 6) is 0. The van der Waals surface area contributed by atoms with E-state index in [-0.39, 0.29) is 6.04 Å². The molecule has 1 saturated carbocycles. The van der Waals surface area contributed by atoms with Crippen LogP contribution in [0.25, 0.3) is 0 Å². The van der Waals surface area contributed by atoms with E-state index in [0.29, 0.717) is 5.41 Å². The molecule has 1 aliphatic rings. The molecule has 1 aliphatic carbocycles. The molecule has 1 aromatic carbocycles. The van der Waals surface area contributed by atoms with Gasteiger partial charge in [0, 0.05) is 18.6 Å². The van der Waals surface area contributed by atoms with Crippen LogP contribution in [-0.2, 0) is 16.6 Å². The van der Waals surface area contributed by atoms with Gasteiger partial charge < -0.3 is 10.5 Å². The highest BCUT2D eigenvalue weighted by molar-refractivity contribution is 5.34. The first-order valence-corrected chi connectivity index (χ1v) is 6.00. The molecule has 16 heavy (non-hydrogen) atoms. The zero-order valence-corrected chi connectivity index (χ0v) is 10.2. The quantitative estimate of drug-likeness (QED) is 0.824.